The summed E-state index contributed by atoms with van der Waals surface area (Å²) in [6.45, 7) is 13.9. The van der Waals surface area contributed by atoms with Gasteiger partial charge in [0.05, 0.1) is 30.1 Å². The highest BCUT2D eigenvalue weighted by molar-refractivity contribution is 6.88. The number of aromatic nitrogens is 2. The minimum absolute atomic E-state index is 1.21. The van der Waals surface area contributed by atoms with Gasteiger partial charge in [0, 0.05) is 22.5 Å². The van der Waals surface area contributed by atoms with Gasteiger partial charge in [0.2, 0.25) is 5.69 Å². The van der Waals surface area contributed by atoms with Crippen molar-refractivity contribution in [1.29, 1.82) is 0 Å². The van der Waals surface area contributed by atoms with Gasteiger partial charge in [-0.15, -0.1) is 0 Å². The number of aryl methyl sites for hydroxylation is 3. The van der Waals surface area contributed by atoms with E-state index in [9.17, 15) is 0 Å². The summed E-state index contributed by atoms with van der Waals surface area (Å²) in [6.07, 6.45) is 2.20. The Balaban J connectivity index is 1.62. The molecule has 3 heteroatoms. The van der Waals surface area contributed by atoms with Gasteiger partial charge in [-0.2, -0.15) is 0 Å². The van der Waals surface area contributed by atoms with Gasteiger partial charge in [-0.1, -0.05) is 66.8 Å². The summed E-state index contributed by atoms with van der Waals surface area (Å²) in [5, 5.41) is 6.71. The normalized spacial score (nSPS) is 12.2. The van der Waals surface area contributed by atoms with Gasteiger partial charge in [0.1, 0.15) is 7.05 Å². The summed E-state index contributed by atoms with van der Waals surface area (Å²) in [5.41, 5.74) is 10.3. The van der Waals surface area contributed by atoms with Crippen LogP contribution in [0.2, 0.25) is 19.6 Å². The molecule has 0 aliphatic carbocycles. The predicted octanol–water partition coefficient (Wildman–Crippen LogP) is 7.90. The SMILES string of the molecule is Cc1cc(C)c(C)c(-c2c3ccc(-n4c5ccccc5c5cc([Si](C)(C)C)ccc54)cc3cc[n+]2C)c1. The molecule has 0 aliphatic heterocycles. The van der Waals surface area contributed by atoms with E-state index >= 15 is 0 Å². The molecule has 0 spiro atoms. The van der Waals surface area contributed by atoms with Crippen molar-refractivity contribution in [3.63, 3.8) is 0 Å². The van der Waals surface area contributed by atoms with E-state index in [1.165, 1.54) is 71.4 Å². The van der Waals surface area contributed by atoms with Crippen LogP contribution in [0.5, 0.6) is 0 Å². The van der Waals surface area contributed by atoms with Gasteiger partial charge < -0.3 is 4.57 Å². The number of hydrogen-bond donors (Lipinski definition) is 0. The highest BCUT2D eigenvalue weighted by Gasteiger charge is 2.21. The van der Waals surface area contributed by atoms with E-state index in [-0.39, 0.29) is 0 Å². The monoisotopic (exact) mass is 499 g/mol. The fourth-order valence-corrected chi connectivity index (χ4v) is 7.00. The number of rotatable bonds is 3. The Labute approximate surface area is 220 Å². The van der Waals surface area contributed by atoms with E-state index in [4.69, 9.17) is 0 Å². The van der Waals surface area contributed by atoms with Crippen molar-refractivity contribution in [2.75, 3.05) is 0 Å². The second kappa shape index (κ2) is 8.42. The van der Waals surface area contributed by atoms with E-state index in [1.807, 2.05) is 0 Å². The second-order valence-corrected chi connectivity index (χ2v) is 16.7. The summed E-state index contributed by atoms with van der Waals surface area (Å²) < 4.78 is 4.70. The van der Waals surface area contributed by atoms with Crippen LogP contribution in [0.1, 0.15) is 16.7 Å². The zero-order chi connectivity index (χ0) is 26.1. The smallest absolute Gasteiger partial charge is 0.220 e. The summed E-state index contributed by atoms with van der Waals surface area (Å²) >= 11 is 0. The average Bonchev–Trinajstić information content (AvgIpc) is 3.19. The molecule has 6 rings (SSSR count). The molecule has 0 atom stereocenters. The van der Waals surface area contributed by atoms with Gasteiger partial charge in [-0.3, -0.25) is 0 Å². The van der Waals surface area contributed by atoms with Crippen molar-refractivity contribution >= 4 is 45.8 Å². The van der Waals surface area contributed by atoms with Crippen LogP contribution in [0, 0.1) is 20.8 Å². The molecule has 184 valence electrons. The topological polar surface area (TPSA) is 8.81 Å². The molecule has 6 aromatic rings. The lowest BCUT2D eigenvalue weighted by Gasteiger charge is -2.17. The Morgan fingerprint density at radius 3 is 2.24 bits per heavy atom. The Kier molecular flexibility index (Phi) is 5.39. The van der Waals surface area contributed by atoms with Crippen molar-refractivity contribution in [2.45, 2.75) is 40.4 Å². The average molecular weight is 500 g/mol. The molecule has 2 aromatic heterocycles. The highest BCUT2D eigenvalue weighted by Crippen LogP contribution is 2.35. The molecule has 0 unspecified atom stereocenters. The van der Waals surface area contributed by atoms with Crippen molar-refractivity contribution in [3.8, 4) is 16.9 Å². The predicted molar refractivity (Wildman–Crippen MR) is 162 cm³/mol. The third kappa shape index (κ3) is 3.81. The number of para-hydroxylation sites is 1. The van der Waals surface area contributed by atoms with Gasteiger partial charge in [-0.05, 0) is 73.7 Å². The Hall–Kier alpha value is -3.69. The zero-order valence-electron chi connectivity index (χ0n) is 23.0. The van der Waals surface area contributed by atoms with Crippen LogP contribution in [0.3, 0.4) is 0 Å². The number of pyridine rings is 1. The first-order chi connectivity index (χ1) is 17.6. The van der Waals surface area contributed by atoms with E-state index in [1.54, 1.807) is 0 Å². The fraction of sp³-hybridized carbons (Fsp3) is 0.206. The Bertz CT molecular complexity index is 1850. The van der Waals surface area contributed by atoms with E-state index < -0.39 is 8.07 Å². The minimum atomic E-state index is -1.41. The van der Waals surface area contributed by atoms with Crippen LogP contribution >= 0.6 is 0 Å². The fourth-order valence-electron chi connectivity index (χ4n) is 5.84. The lowest BCUT2D eigenvalue weighted by molar-refractivity contribution is -0.659. The van der Waals surface area contributed by atoms with E-state index in [2.05, 4.69) is 142 Å². The van der Waals surface area contributed by atoms with E-state index in [0.29, 0.717) is 0 Å². The molecule has 0 radical (unpaired) electrons. The Morgan fingerprint density at radius 1 is 0.703 bits per heavy atom. The quantitative estimate of drug-likeness (QED) is 0.173. The molecule has 4 aromatic carbocycles. The number of fused-ring (bicyclic) bond motifs is 4. The standard InChI is InChI=1S/C34H35N2Si/c1-22-18-23(2)24(3)30(19-22)34-28-14-12-26(20-25(28)16-17-35(34)4)36-32-11-9-8-10-29(32)31-21-27(37(5,6)7)13-15-33(31)36/h8-21H,1-7H3/q+1. The lowest BCUT2D eigenvalue weighted by atomic mass is 9.94. The number of nitrogens with zero attached hydrogens (tertiary/aromatic N) is 2. The van der Waals surface area contributed by atoms with Crippen LogP contribution in [0.4, 0.5) is 0 Å². The molecule has 0 saturated heterocycles. The molecule has 2 nitrogen and oxygen atoms in total. The van der Waals surface area contributed by atoms with Crippen molar-refractivity contribution in [1.82, 2.24) is 4.57 Å². The maximum atomic E-state index is 2.45. The minimum Gasteiger partial charge on any atom is -0.309 e. The third-order valence-electron chi connectivity index (χ3n) is 7.98. The first-order valence-electron chi connectivity index (χ1n) is 13.2. The van der Waals surface area contributed by atoms with Crippen LogP contribution < -0.4 is 9.75 Å². The van der Waals surface area contributed by atoms with Crippen molar-refractivity contribution in [3.05, 3.63) is 102 Å². The van der Waals surface area contributed by atoms with E-state index in [0.717, 1.165) is 0 Å². The van der Waals surface area contributed by atoms with Crippen molar-refractivity contribution < 1.29 is 4.57 Å². The first kappa shape index (κ1) is 23.7. The maximum absolute atomic E-state index is 2.45. The van der Waals surface area contributed by atoms with Crippen LogP contribution in [0.15, 0.2) is 85.1 Å². The molecule has 0 aliphatic rings. The van der Waals surface area contributed by atoms with Crippen LogP contribution in [0.25, 0.3) is 49.5 Å². The molecule has 0 fully saturated rings. The van der Waals surface area contributed by atoms with Gasteiger partial charge in [0.15, 0.2) is 6.20 Å². The van der Waals surface area contributed by atoms with Gasteiger partial charge >= 0.3 is 0 Å². The molecule has 0 N–H and O–H groups in total. The second-order valence-electron chi connectivity index (χ2n) is 11.6. The maximum Gasteiger partial charge on any atom is 0.220 e. The number of hydrogen-bond acceptors (Lipinski definition) is 0. The summed E-state index contributed by atoms with van der Waals surface area (Å²) in [4.78, 5) is 0. The lowest BCUT2D eigenvalue weighted by Crippen LogP contribution is -2.37. The first-order valence-corrected chi connectivity index (χ1v) is 16.7. The molecule has 2 heterocycles. The summed E-state index contributed by atoms with van der Waals surface area (Å²) in [6, 6.07) is 29.8. The zero-order valence-corrected chi connectivity index (χ0v) is 24.0. The molecular weight excluding hydrogens is 464 g/mol. The third-order valence-corrected chi connectivity index (χ3v) is 10.0. The molecular formula is C34H35N2Si+. The van der Waals surface area contributed by atoms with Crippen LogP contribution in [-0.4, -0.2) is 12.6 Å². The molecule has 37 heavy (non-hydrogen) atoms. The molecule has 0 saturated carbocycles. The summed E-state index contributed by atoms with van der Waals surface area (Å²) in [7, 11) is 0.743. The highest BCUT2D eigenvalue weighted by atomic mass is 28.3. The summed E-state index contributed by atoms with van der Waals surface area (Å²) in [5.74, 6) is 0. The number of benzene rings is 4. The van der Waals surface area contributed by atoms with Crippen LogP contribution in [-0.2, 0) is 7.05 Å². The van der Waals surface area contributed by atoms with Crippen molar-refractivity contribution in [2.24, 2.45) is 7.05 Å². The Morgan fingerprint density at radius 2 is 1.46 bits per heavy atom. The molecule has 0 amide bonds. The van der Waals surface area contributed by atoms with Gasteiger partial charge in [0.25, 0.3) is 0 Å². The van der Waals surface area contributed by atoms with Gasteiger partial charge in [-0.25, -0.2) is 4.57 Å². The molecule has 0 bridgehead atoms. The largest absolute Gasteiger partial charge is 0.309 e.